The molecule has 1 aliphatic rings. The number of ether oxygens (including phenoxy) is 1. The molecular formula is C13H18N2O2. The van der Waals surface area contributed by atoms with Crippen molar-refractivity contribution in [3.05, 3.63) is 23.8 Å². The highest BCUT2D eigenvalue weighted by atomic mass is 16.5. The number of hydrogen-bond acceptors (Lipinski definition) is 2. The summed E-state index contributed by atoms with van der Waals surface area (Å²) in [6.07, 6.45) is 0. The van der Waals surface area contributed by atoms with Gasteiger partial charge in [0.25, 0.3) is 0 Å². The second-order valence-electron chi connectivity index (χ2n) is 5.35. The monoisotopic (exact) mass is 234 g/mol. The Balaban J connectivity index is 2.50. The smallest absolute Gasteiger partial charge is 0.319 e. The molecule has 0 fully saturated rings. The zero-order chi connectivity index (χ0) is 12.6. The van der Waals surface area contributed by atoms with Crippen LogP contribution in [0.15, 0.2) is 18.2 Å². The Labute approximate surface area is 101 Å². The molecule has 0 aromatic heterocycles. The van der Waals surface area contributed by atoms with Crippen LogP contribution in [0.25, 0.3) is 0 Å². The lowest BCUT2D eigenvalue weighted by Crippen LogP contribution is -2.43. The van der Waals surface area contributed by atoms with Gasteiger partial charge in [0.2, 0.25) is 0 Å². The summed E-state index contributed by atoms with van der Waals surface area (Å²) in [5, 5.41) is 5.77. The van der Waals surface area contributed by atoms with E-state index in [1.54, 1.807) is 7.11 Å². The summed E-state index contributed by atoms with van der Waals surface area (Å²) in [7, 11) is 1.64. The molecule has 4 nitrogen and oxygen atoms in total. The minimum atomic E-state index is -0.150. The zero-order valence-electron chi connectivity index (χ0n) is 10.6. The number of nitrogens with one attached hydrogen (secondary N) is 2. The van der Waals surface area contributed by atoms with Crippen LogP contribution in [0.2, 0.25) is 0 Å². The number of methoxy groups -OCH3 is 1. The summed E-state index contributed by atoms with van der Waals surface area (Å²) in [4.78, 5) is 11.6. The molecule has 0 saturated carbocycles. The van der Waals surface area contributed by atoms with Crippen LogP contribution in [0, 0.1) is 5.41 Å². The highest BCUT2D eigenvalue weighted by Gasteiger charge is 2.33. The number of hydrogen-bond donors (Lipinski definition) is 2. The molecule has 0 aliphatic carbocycles. The topological polar surface area (TPSA) is 50.4 Å². The lowest BCUT2D eigenvalue weighted by Gasteiger charge is -2.36. The van der Waals surface area contributed by atoms with Crippen LogP contribution in [0.4, 0.5) is 10.5 Å². The van der Waals surface area contributed by atoms with E-state index >= 15 is 0 Å². The maximum absolute atomic E-state index is 11.6. The second kappa shape index (κ2) is 3.95. The summed E-state index contributed by atoms with van der Waals surface area (Å²) in [5.74, 6) is 0.802. The Morgan fingerprint density at radius 1 is 1.29 bits per heavy atom. The minimum Gasteiger partial charge on any atom is -0.497 e. The molecule has 2 rings (SSSR count). The summed E-state index contributed by atoms with van der Waals surface area (Å²) in [6, 6.07) is 5.54. The normalized spacial score (nSPS) is 19.1. The zero-order valence-corrected chi connectivity index (χ0v) is 10.6. The molecule has 17 heavy (non-hydrogen) atoms. The summed E-state index contributed by atoms with van der Waals surface area (Å²) in [5.41, 5.74) is 1.88. The van der Waals surface area contributed by atoms with Crippen LogP contribution in [0.5, 0.6) is 5.75 Å². The molecule has 1 atom stereocenters. The fourth-order valence-corrected chi connectivity index (χ4v) is 2.07. The van der Waals surface area contributed by atoms with E-state index < -0.39 is 0 Å². The lowest BCUT2D eigenvalue weighted by atomic mass is 9.81. The number of fused-ring (bicyclic) bond motifs is 1. The maximum atomic E-state index is 11.6. The van der Waals surface area contributed by atoms with Crippen LogP contribution >= 0.6 is 0 Å². The molecule has 92 valence electrons. The van der Waals surface area contributed by atoms with Gasteiger partial charge in [0.1, 0.15) is 5.75 Å². The standard InChI is InChI=1S/C13H18N2O2/c1-13(2,3)11-9-7-8(17-4)5-6-10(9)14-12(16)15-11/h5-7,11H,1-4H3,(H2,14,15,16). The van der Waals surface area contributed by atoms with E-state index in [4.69, 9.17) is 4.74 Å². The van der Waals surface area contributed by atoms with Gasteiger partial charge in [-0.05, 0) is 23.6 Å². The van der Waals surface area contributed by atoms with Crippen LogP contribution in [-0.2, 0) is 0 Å². The van der Waals surface area contributed by atoms with Crippen molar-refractivity contribution in [2.24, 2.45) is 5.41 Å². The molecule has 2 N–H and O–H groups in total. The van der Waals surface area contributed by atoms with E-state index in [-0.39, 0.29) is 17.5 Å². The Morgan fingerprint density at radius 2 is 2.00 bits per heavy atom. The van der Waals surface area contributed by atoms with E-state index in [0.29, 0.717) is 0 Å². The van der Waals surface area contributed by atoms with Crippen molar-refractivity contribution in [3.63, 3.8) is 0 Å². The first-order valence-corrected chi connectivity index (χ1v) is 5.67. The van der Waals surface area contributed by atoms with Gasteiger partial charge in [-0.2, -0.15) is 0 Å². The third kappa shape index (κ3) is 2.20. The van der Waals surface area contributed by atoms with Gasteiger partial charge < -0.3 is 15.4 Å². The summed E-state index contributed by atoms with van der Waals surface area (Å²) < 4.78 is 5.23. The molecule has 1 aromatic rings. The Hall–Kier alpha value is -1.71. The van der Waals surface area contributed by atoms with Crippen LogP contribution in [0.1, 0.15) is 32.4 Å². The van der Waals surface area contributed by atoms with E-state index in [0.717, 1.165) is 17.0 Å². The summed E-state index contributed by atoms with van der Waals surface area (Å²) in [6.45, 7) is 6.31. The molecule has 1 unspecified atom stereocenters. The second-order valence-corrected chi connectivity index (χ2v) is 5.35. The molecule has 2 amide bonds. The van der Waals surface area contributed by atoms with E-state index in [9.17, 15) is 4.79 Å². The van der Waals surface area contributed by atoms with Crippen molar-refractivity contribution in [1.29, 1.82) is 0 Å². The van der Waals surface area contributed by atoms with Crippen LogP contribution in [-0.4, -0.2) is 13.1 Å². The molecule has 4 heteroatoms. The minimum absolute atomic E-state index is 0.0126. The molecule has 1 heterocycles. The first-order valence-electron chi connectivity index (χ1n) is 5.67. The van der Waals surface area contributed by atoms with Crippen molar-refractivity contribution in [1.82, 2.24) is 5.32 Å². The number of rotatable bonds is 1. The molecule has 1 aromatic carbocycles. The SMILES string of the molecule is COc1ccc2c(c1)C(C(C)(C)C)NC(=O)N2. The highest BCUT2D eigenvalue weighted by molar-refractivity contribution is 5.93. The van der Waals surface area contributed by atoms with Gasteiger partial charge in [-0.25, -0.2) is 4.79 Å². The van der Waals surface area contributed by atoms with Gasteiger partial charge in [0.05, 0.1) is 13.2 Å². The van der Waals surface area contributed by atoms with Gasteiger partial charge in [-0.15, -0.1) is 0 Å². The van der Waals surface area contributed by atoms with Gasteiger partial charge in [-0.1, -0.05) is 20.8 Å². The van der Waals surface area contributed by atoms with E-state index in [2.05, 4.69) is 31.4 Å². The van der Waals surface area contributed by atoms with Crippen molar-refractivity contribution < 1.29 is 9.53 Å². The molecular weight excluding hydrogens is 216 g/mol. The molecule has 0 bridgehead atoms. The quantitative estimate of drug-likeness (QED) is 0.785. The molecule has 1 aliphatic heterocycles. The average Bonchev–Trinajstić information content (AvgIpc) is 2.26. The average molecular weight is 234 g/mol. The molecule has 0 radical (unpaired) electrons. The van der Waals surface area contributed by atoms with Crippen molar-refractivity contribution in [2.75, 3.05) is 12.4 Å². The van der Waals surface area contributed by atoms with Gasteiger partial charge in [0, 0.05) is 11.3 Å². The van der Waals surface area contributed by atoms with Gasteiger partial charge in [0.15, 0.2) is 0 Å². The first-order chi connectivity index (χ1) is 7.91. The Bertz CT molecular complexity index is 449. The third-order valence-electron chi connectivity index (χ3n) is 2.96. The highest BCUT2D eigenvalue weighted by Crippen LogP contribution is 2.40. The van der Waals surface area contributed by atoms with E-state index in [1.165, 1.54) is 0 Å². The first kappa shape index (κ1) is 11.8. The number of amides is 2. The number of carbonyl (C=O) groups excluding carboxylic acids is 1. The number of benzene rings is 1. The number of urea groups is 1. The van der Waals surface area contributed by atoms with Crippen LogP contribution in [0.3, 0.4) is 0 Å². The molecule has 0 saturated heterocycles. The fourth-order valence-electron chi connectivity index (χ4n) is 2.07. The van der Waals surface area contributed by atoms with Gasteiger partial charge in [-0.3, -0.25) is 0 Å². The maximum Gasteiger partial charge on any atom is 0.319 e. The third-order valence-corrected chi connectivity index (χ3v) is 2.96. The lowest BCUT2D eigenvalue weighted by molar-refractivity contribution is 0.226. The summed E-state index contributed by atoms with van der Waals surface area (Å²) >= 11 is 0. The number of anilines is 1. The Kier molecular flexibility index (Phi) is 2.73. The number of carbonyl (C=O) groups is 1. The van der Waals surface area contributed by atoms with Crippen molar-refractivity contribution >= 4 is 11.7 Å². The van der Waals surface area contributed by atoms with Gasteiger partial charge >= 0.3 is 6.03 Å². The fraction of sp³-hybridized carbons (Fsp3) is 0.462. The Morgan fingerprint density at radius 3 is 2.59 bits per heavy atom. The predicted octanol–water partition coefficient (Wildman–Crippen LogP) is 2.92. The van der Waals surface area contributed by atoms with Crippen molar-refractivity contribution in [3.8, 4) is 5.75 Å². The van der Waals surface area contributed by atoms with Crippen LogP contribution < -0.4 is 15.4 Å². The van der Waals surface area contributed by atoms with Crippen molar-refractivity contribution in [2.45, 2.75) is 26.8 Å². The van der Waals surface area contributed by atoms with E-state index in [1.807, 2.05) is 18.2 Å². The molecule has 0 spiro atoms. The largest absolute Gasteiger partial charge is 0.497 e. The predicted molar refractivity (Wildman–Crippen MR) is 67.3 cm³/mol.